The van der Waals surface area contributed by atoms with E-state index in [4.69, 9.17) is 15.2 Å². The molecular formula is C16H25NO2. The molecular weight excluding hydrogens is 238 g/mol. The molecule has 0 amide bonds. The van der Waals surface area contributed by atoms with Gasteiger partial charge in [0, 0.05) is 12.1 Å². The van der Waals surface area contributed by atoms with Crippen LogP contribution in [0, 0.1) is 0 Å². The standard InChI is InChI=1S/C16H25NO2/c1-4-5-6-7-8-9-16(17)13-10-14(18-2)12-15(11-13)19-3/h4,10-12,16H,1,5-9,17H2,2-3H3. The van der Waals surface area contributed by atoms with E-state index in [0.29, 0.717) is 0 Å². The highest BCUT2D eigenvalue weighted by Gasteiger charge is 2.09. The third kappa shape index (κ3) is 5.35. The maximum atomic E-state index is 6.23. The van der Waals surface area contributed by atoms with Crippen LogP contribution in [0.15, 0.2) is 30.9 Å². The van der Waals surface area contributed by atoms with Crippen molar-refractivity contribution in [2.45, 2.75) is 38.1 Å². The maximum absolute atomic E-state index is 6.23. The van der Waals surface area contributed by atoms with Crippen molar-refractivity contribution in [3.05, 3.63) is 36.4 Å². The third-order valence-electron chi connectivity index (χ3n) is 3.23. The molecule has 0 fully saturated rings. The summed E-state index contributed by atoms with van der Waals surface area (Å²) in [4.78, 5) is 0. The molecule has 2 N–H and O–H groups in total. The molecule has 1 atom stereocenters. The second-order valence-corrected chi connectivity index (χ2v) is 4.68. The zero-order chi connectivity index (χ0) is 14.1. The molecule has 0 bridgehead atoms. The topological polar surface area (TPSA) is 44.5 Å². The van der Waals surface area contributed by atoms with Gasteiger partial charge in [-0.2, -0.15) is 0 Å². The highest BCUT2D eigenvalue weighted by molar-refractivity contribution is 5.39. The van der Waals surface area contributed by atoms with E-state index < -0.39 is 0 Å². The summed E-state index contributed by atoms with van der Waals surface area (Å²) >= 11 is 0. The number of ether oxygens (including phenoxy) is 2. The van der Waals surface area contributed by atoms with Crippen molar-refractivity contribution in [2.75, 3.05) is 14.2 Å². The van der Waals surface area contributed by atoms with Gasteiger partial charge in [0.15, 0.2) is 0 Å². The third-order valence-corrected chi connectivity index (χ3v) is 3.23. The number of nitrogens with two attached hydrogens (primary N) is 1. The molecule has 0 heterocycles. The van der Waals surface area contributed by atoms with E-state index >= 15 is 0 Å². The average Bonchev–Trinajstić information content (AvgIpc) is 2.46. The van der Waals surface area contributed by atoms with Gasteiger partial charge in [-0.05, 0) is 37.0 Å². The van der Waals surface area contributed by atoms with Gasteiger partial charge in [-0.1, -0.05) is 18.9 Å². The Kier molecular flexibility index (Phi) is 7.04. The molecule has 1 unspecified atom stereocenters. The minimum atomic E-state index is 0.0349. The first-order valence-electron chi connectivity index (χ1n) is 6.80. The Bertz CT molecular complexity index is 368. The van der Waals surface area contributed by atoms with Crippen LogP contribution in [-0.2, 0) is 0 Å². The Labute approximate surface area is 116 Å². The fourth-order valence-corrected chi connectivity index (χ4v) is 2.04. The lowest BCUT2D eigenvalue weighted by Gasteiger charge is -2.14. The Morgan fingerprint density at radius 1 is 1.11 bits per heavy atom. The molecule has 106 valence electrons. The van der Waals surface area contributed by atoms with Crippen LogP contribution in [0.25, 0.3) is 0 Å². The van der Waals surface area contributed by atoms with Crippen LogP contribution in [-0.4, -0.2) is 14.2 Å². The Hall–Kier alpha value is -1.48. The lowest BCUT2D eigenvalue weighted by molar-refractivity contribution is 0.392. The maximum Gasteiger partial charge on any atom is 0.122 e. The number of hydrogen-bond donors (Lipinski definition) is 1. The normalized spacial score (nSPS) is 11.9. The van der Waals surface area contributed by atoms with Crippen LogP contribution >= 0.6 is 0 Å². The molecule has 3 nitrogen and oxygen atoms in total. The SMILES string of the molecule is C=CCCCCCC(N)c1cc(OC)cc(OC)c1. The van der Waals surface area contributed by atoms with Crippen LogP contribution < -0.4 is 15.2 Å². The fourth-order valence-electron chi connectivity index (χ4n) is 2.04. The van der Waals surface area contributed by atoms with Crippen molar-refractivity contribution in [1.82, 2.24) is 0 Å². The lowest BCUT2D eigenvalue weighted by Crippen LogP contribution is -2.10. The van der Waals surface area contributed by atoms with Gasteiger partial charge in [0.1, 0.15) is 11.5 Å². The second-order valence-electron chi connectivity index (χ2n) is 4.68. The molecule has 0 radical (unpaired) electrons. The van der Waals surface area contributed by atoms with Crippen molar-refractivity contribution in [1.29, 1.82) is 0 Å². The number of allylic oxidation sites excluding steroid dienone is 1. The minimum Gasteiger partial charge on any atom is -0.497 e. The zero-order valence-corrected chi connectivity index (χ0v) is 12.0. The van der Waals surface area contributed by atoms with Crippen LogP contribution in [0.3, 0.4) is 0 Å². The molecule has 0 saturated carbocycles. The van der Waals surface area contributed by atoms with Gasteiger partial charge in [0.2, 0.25) is 0 Å². The van der Waals surface area contributed by atoms with Gasteiger partial charge in [0.25, 0.3) is 0 Å². The molecule has 0 aliphatic heterocycles. The van der Waals surface area contributed by atoms with E-state index in [1.807, 2.05) is 24.3 Å². The number of hydrogen-bond acceptors (Lipinski definition) is 3. The number of methoxy groups -OCH3 is 2. The fraction of sp³-hybridized carbons (Fsp3) is 0.500. The van der Waals surface area contributed by atoms with Gasteiger partial charge >= 0.3 is 0 Å². The van der Waals surface area contributed by atoms with Crippen molar-refractivity contribution < 1.29 is 9.47 Å². The van der Waals surface area contributed by atoms with Crippen LogP contribution in [0.1, 0.15) is 43.7 Å². The predicted octanol–water partition coefficient (Wildman–Crippen LogP) is 3.84. The highest BCUT2D eigenvalue weighted by atomic mass is 16.5. The van der Waals surface area contributed by atoms with E-state index in [1.54, 1.807) is 14.2 Å². The summed E-state index contributed by atoms with van der Waals surface area (Å²) in [6.45, 7) is 3.73. The molecule has 0 spiro atoms. The van der Waals surface area contributed by atoms with Crippen LogP contribution in [0.2, 0.25) is 0 Å². The zero-order valence-electron chi connectivity index (χ0n) is 12.0. The summed E-state index contributed by atoms with van der Waals surface area (Å²) in [5.74, 6) is 1.58. The van der Waals surface area contributed by atoms with Gasteiger partial charge < -0.3 is 15.2 Å². The molecule has 0 aromatic heterocycles. The summed E-state index contributed by atoms with van der Waals surface area (Å²) in [7, 11) is 3.30. The van der Waals surface area contributed by atoms with Gasteiger partial charge in [0.05, 0.1) is 14.2 Å². The molecule has 1 aromatic rings. The molecule has 3 heteroatoms. The summed E-state index contributed by atoms with van der Waals surface area (Å²) in [6.07, 6.45) is 7.55. The van der Waals surface area contributed by atoms with Gasteiger partial charge in [-0.3, -0.25) is 0 Å². The minimum absolute atomic E-state index is 0.0349. The molecule has 0 aliphatic carbocycles. The number of rotatable bonds is 9. The Morgan fingerprint density at radius 2 is 1.74 bits per heavy atom. The van der Waals surface area contributed by atoms with Crippen LogP contribution in [0.4, 0.5) is 0 Å². The van der Waals surface area contributed by atoms with E-state index in [1.165, 1.54) is 12.8 Å². The lowest BCUT2D eigenvalue weighted by atomic mass is 10.0. The summed E-state index contributed by atoms with van der Waals surface area (Å²) in [5.41, 5.74) is 7.30. The van der Waals surface area contributed by atoms with E-state index in [-0.39, 0.29) is 6.04 Å². The van der Waals surface area contributed by atoms with Crippen molar-refractivity contribution >= 4 is 0 Å². The molecule has 0 saturated heterocycles. The monoisotopic (exact) mass is 263 g/mol. The predicted molar refractivity (Wildman–Crippen MR) is 79.8 cm³/mol. The smallest absolute Gasteiger partial charge is 0.122 e. The Balaban J connectivity index is 2.55. The van der Waals surface area contributed by atoms with E-state index in [0.717, 1.165) is 36.3 Å². The molecule has 1 aromatic carbocycles. The van der Waals surface area contributed by atoms with Crippen molar-refractivity contribution in [3.8, 4) is 11.5 Å². The summed E-state index contributed by atoms with van der Waals surface area (Å²) in [5, 5.41) is 0. The molecule has 0 aliphatic rings. The Morgan fingerprint density at radius 3 is 2.26 bits per heavy atom. The number of unbranched alkanes of at least 4 members (excludes halogenated alkanes) is 3. The first-order chi connectivity index (χ1) is 9.21. The van der Waals surface area contributed by atoms with E-state index in [9.17, 15) is 0 Å². The summed E-state index contributed by atoms with van der Waals surface area (Å²) in [6, 6.07) is 5.86. The number of benzene rings is 1. The molecule has 1 rings (SSSR count). The first-order valence-corrected chi connectivity index (χ1v) is 6.80. The van der Waals surface area contributed by atoms with Crippen molar-refractivity contribution in [2.24, 2.45) is 5.73 Å². The highest BCUT2D eigenvalue weighted by Crippen LogP contribution is 2.27. The largest absolute Gasteiger partial charge is 0.497 e. The van der Waals surface area contributed by atoms with Crippen LogP contribution in [0.5, 0.6) is 11.5 Å². The quantitative estimate of drug-likeness (QED) is 0.544. The van der Waals surface area contributed by atoms with E-state index in [2.05, 4.69) is 6.58 Å². The van der Waals surface area contributed by atoms with Gasteiger partial charge in [-0.25, -0.2) is 0 Å². The summed E-state index contributed by atoms with van der Waals surface area (Å²) < 4.78 is 10.5. The average molecular weight is 263 g/mol. The molecule has 19 heavy (non-hydrogen) atoms. The van der Waals surface area contributed by atoms with Crippen molar-refractivity contribution in [3.63, 3.8) is 0 Å². The van der Waals surface area contributed by atoms with Gasteiger partial charge in [-0.15, -0.1) is 6.58 Å². The first kappa shape index (κ1) is 15.6. The second kappa shape index (κ2) is 8.59.